The maximum absolute atomic E-state index is 11.4. The molecular weight excluding hydrogens is 264 g/mol. The van der Waals surface area contributed by atoms with Crippen LogP contribution in [0.4, 0.5) is 0 Å². The molecule has 14 heavy (non-hydrogen) atoms. The summed E-state index contributed by atoms with van der Waals surface area (Å²) >= 11 is 5.03. The number of hydrogen-bond acceptors (Lipinski definition) is 3. The summed E-state index contributed by atoms with van der Waals surface area (Å²) < 4.78 is 1.10. The lowest BCUT2D eigenvalue weighted by Gasteiger charge is -2.25. The number of amides is 1. The molecule has 1 amide bonds. The van der Waals surface area contributed by atoms with Crippen molar-refractivity contribution in [3.63, 3.8) is 0 Å². The lowest BCUT2D eigenvalue weighted by Crippen LogP contribution is -2.50. The Hall–Kier alpha value is -0.390. The summed E-state index contributed by atoms with van der Waals surface area (Å²) in [6.45, 7) is 2.27. The molecule has 1 fully saturated rings. The van der Waals surface area contributed by atoms with Crippen molar-refractivity contribution in [3.05, 3.63) is 20.8 Å². The average Bonchev–Trinajstić information content (AvgIpc) is 2.45. The van der Waals surface area contributed by atoms with Crippen LogP contribution in [0.25, 0.3) is 0 Å². The lowest BCUT2D eigenvalue weighted by molar-refractivity contribution is -0.126. The molecule has 5 heteroatoms. The van der Waals surface area contributed by atoms with Crippen LogP contribution >= 0.6 is 27.3 Å². The zero-order valence-corrected chi connectivity index (χ0v) is 9.95. The highest BCUT2D eigenvalue weighted by molar-refractivity contribution is 9.11. The minimum Gasteiger partial charge on any atom is -0.352 e. The van der Waals surface area contributed by atoms with Crippen LogP contribution in [0.1, 0.15) is 5.56 Å². The van der Waals surface area contributed by atoms with Gasteiger partial charge < -0.3 is 10.6 Å². The first-order valence-electron chi connectivity index (χ1n) is 4.47. The maximum Gasteiger partial charge on any atom is 0.225 e. The molecule has 0 unspecified atom stereocenters. The van der Waals surface area contributed by atoms with Gasteiger partial charge in [-0.15, -0.1) is 11.3 Å². The highest BCUT2D eigenvalue weighted by Crippen LogP contribution is 2.20. The number of nitrogens with one attached hydrogen (secondary N) is 2. The summed E-state index contributed by atoms with van der Waals surface area (Å²) in [5.41, 5.74) is 1.16. The van der Waals surface area contributed by atoms with Gasteiger partial charge in [-0.2, -0.15) is 0 Å². The third-order valence-corrected chi connectivity index (χ3v) is 3.79. The predicted molar refractivity (Wildman–Crippen MR) is 60.2 cm³/mol. The summed E-state index contributed by atoms with van der Waals surface area (Å²) in [4.78, 5) is 11.4. The van der Waals surface area contributed by atoms with Crippen LogP contribution in [0.2, 0.25) is 0 Å². The Balaban J connectivity index is 1.79. The van der Waals surface area contributed by atoms with Gasteiger partial charge in [0.05, 0.1) is 9.70 Å². The van der Waals surface area contributed by atoms with Crippen molar-refractivity contribution < 1.29 is 4.79 Å². The quantitative estimate of drug-likeness (QED) is 0.874. The van der Waals surface area contributed by atoms with Crippen LogP contribution in [0, 0.1) is 5.92 Å². The van der Waals surface area contributed by atoms with E-state index in [0.29, 0.717) is 6.54 Å². The fourth-order valence-corrected chi connectivity index (χ4v) is 2.46. The molecule has 1 aliphatic heterocycles. The minimum absolute atomic E-state index is 0.158. The van der Waals surface area contributed by atoms with Gasteiger partial charge in [-0.3, -0.25) is 4.79 Å². The van der Waals surface area contributed by atoms with Crippen molar-refractivity contribution in [2.75, 3.05) is 13.1 Å². The highest BCUT2D eigenvalue weighted by Gasteiger charge is 2.24. The Bertz CT molecular complexity index is 335. The second-order valence-electron chi connectivity index (χ2n) is 3.33. The molecule has 0 aliphatic carbocycles. The molecule has 1 aromatic heterocycles. The zero-order chi connectivity index (χ0) is 9.97. The molecule has 0 radical (unpaired) electrons. The predicted octanol–water partition coefficient (Wildman–Crippen LogP) is 1.35. The number of carbonyl (C=O) groups excluding carboxylic acids is 1. The van der Waals surface area contributed by atoms with E-state index in [9.17, 15) is 4.79 Å². The molecule has 1 aliphatic rings. The highest BCUT2D eigenvalue weighted by atomic mass is 79.9. The standard InChI is InChI=1S/C9H11BrN2OS/c10-8-1-6(5-14-8)2-12-9(13)7-3-11-4-7/h1,5,7,11H,2-4H2,(H,12,13). The Morgan fingerprint density at radius 1 is 1.71 bits per heavy atom. The van der Waals surface area contributed by atoms with Gasteiger partial charge in [0.15, 0.2) is 0 Å². The van der Waals surface area contributed by atoms with Crippen molar-refractivity contribution in [1.82, 2.24) is 10.6 Å². The van der Waals surface area contributed by atoms with Crippen LogP contribution in [-0.4, -0.2) is 19.0 Å². The van der Waals surface area contributed by atoms with Crippen molar-refractivity contribution in [1.29, 1.82) is 0 Å². The molecule has 1 aromatic rings. The van der Waals surface area contributed by atoms with Crippen molar-refractivity contribution in [2.24, 2.45) is 5.92 Å². The second-order valence-corrected chi connectivity index (χ2v) is 5.62. The molecule has 2 heterocycles. The van der Waals surface area contributed by atoms with Crippen LogP contribution < -0.4 is 10.6 Å². The Morgan fingerprint density at radius 3 is 3.00 bits per heavy atom. The largest absolute Gasteiger partial charge is 0.352 e. The molecule has 2 N–H and O–H groups in total. The van der Waals surface area contributed by atoms with Gasteiger partial charge in [0.25, 0.3) is 0 Å². The molecule has 0 spiro atoms. The molecule has 1 saturated heterocycles. The topological polar surface area (TPSA) is 41.1 Å². The van der Waals surface area contributed by atoms with E-state index in [4.69, 9.17) is 0 Å². The van der Waals surface area contributed by atoms with Crippen molar-refractivity contribution in [2.45, 2.75) is 6.54 Å². The van der Waals surface area contributed by atoms with Gasteiger partial charge in [-0.25, -0.2) is 0 Å². The average molecular weight is 275 g/mol. The smallest absolute Gasteiger partial charge is 0.225 e. The second kappa shape index (κ2) is 4.42. The Kier molecular flexibility index (Phi) is 3.20. The van der Waals surface area contributed by atoms with Crippen LogP contribution in [-0.2, 0) is 11.3 Å². The van der Waals surface area contributed by atoms with Crippen LogP contribution in [0.3, 0.4) is 0 Å². The molecule has 0 atom stereocenters. The van der Waals surface area contributed by atoms with Gasteiger partial charge in [0.2, 0.25) is 5.91 Å². The molecule has 0 saturated carbocycles. The zero-order valence-electron chi connectivity index (χ0n) is 7.55. The normalized spacial score (nSPS) is 16.4. The lowest BCUT2D eigenvalue weighted by atomic mass is 10.0. The molecular formula is C9H11BrN2OS. The first kappa shape index (κ1) is 10.1. The van der Waals surface area contributed by atoms with E-state index in [-0.39, 0.29) is 11.8 Å². The monoisotopic (exact) mass is 274 g/mol. The number of thiophene rings is 1. The van der Waals surface area contributed by atoms with Crippen molar-refractivity contribution >= 4 is 33.2 Å². The Morgan fingerprint density at radius 2 is 2.50 bits per heavy atom. The molecule has 0 aromatic carbocycles. The van der Waals surface area contributed by atoms with E-state index in [0.717, 1.165) is 22.4 Å². The Labute approximate surface area is 95.0 Å². The summed E-state index contributed by atoms with van der Waals surface area (Å²) in [6.07, 6.45) is 0. The fraction of sp³-hybridized carbons (Fsp3) is 0.444. The van der Waals surface area contributed by atoms with Crippen LogP contribution in [0.15, 0.2) is 15.2 Å². The van der Waals surface area contributed by atoms with E-state index in [1.54, 1.807) is 11.3 Å². The SMILES string of the molecule is O=C(NCc1csc(Br)c1)C1CNC1. The first-order valence-corrected chi connectivity index (χ1v) is 6.14. The third kappa shape index (κ3) is 2.34. The van der Waals surface area contributed by atoms with E-state index in [2.05, 4.69) is 26.6 Å². The number of carbonyl (C=O) groups is 1. The number of rotatable bonds is 3. The maximum atomic E-state index is 11.4. The van der Waals surface area contributed by atoms with Gasteiger partial charge in [-0.1, -0.05) is 0 Å². The minimum atomic E-state index is 0.158. The summed E-state index contributed by atoms with van der Waals surface area (Å²) in [5, 5.41) is 8.04. The fourth-order valence-electron chi connectivity index (χ4n) is 1.25. The van der Waals surface area contributed by atoms with Crippen LogP contribution in [0.5, 0.6) is 0 Å². The summed E-state index contributed by atoms with van der Waals surface area (Å²) in [7, 11) is 0. The molecule has 76 valence electrons. The van der Waals surface area contributed by atoms with Gasteiger partial charge >= 0.3 is 0 Å². The van der Waals surface area contributed by atoms with E-state index in [1.165, 1.54) is 0 Å². The molecule has 2 rings (SSSR count). The first-order chi connectivity index (χ1) is 6.75. The van der Waals surface area contributed by atoms with Gasteiger partial charge in [0, 0.05) is 19.6 Å². The van der Waals surface area contributed by atoms with E-state index >= 15 is 0 Å². The summed E-state index contributed by atoms with van der Waals surface area (Å²) in [5.74, 6) is 0.336. The third-order valence-electron chi connectivity index (χ3n) is 2.24. The molecule has 0 bridgehead atoms. The molecule has 3 nitrogen and oxygen atoms in total. The number of hydrogen-bond donors (Lipinski definition) is 2. The van der Waals surface area contributed by atoms with Crippen molar-refractivity contribution in [3.8, 4) is 0 Å². The van der Waals surface area contributed by atoms with Gasteiger partial charge in [-0.05, 0) is 32.9 Å². The van der Waals surface area contributed by atoms with E-state index in [1.807, 2.05) is 11.4 Å². The number of halogens is 1. The summed E-state index contributed by atoms with van der Waals surface area (Å²) in [6, 6.07) is 2.03. The van der Waals surface area contributed by atoms with Gasteiger partial charge in [0.1, 0.15) is 0 Å². The van der Waals surface area contributed by atoms with E-state index < -0.39 is 0 Å².